The van der Waals surface area contributed by atoms with Crippen molar-refractivity contribution < 1.29 is 23.8 Å². The molecular formula is C18H17NO5. The van der Waals surface area contributed by atoms with Crippen molar-refractivity contribution >= 4 is 17.4 Å². The summed E-state index contributed by atoms with van der Waals surface area (Å²) in [4.78, 5) is 24.3. The Hall–Kier alpha value is -3.02. The Balaban J connectivity index is 1.90. The molecule has 0 unspecified atom stereocenters. The highest BCUT2D eigenvalue weighted by Gasteiger charge is 2.19. The number of fused-ring (bicyclic) bond motifs is 1. The molecular weight excluding hydrogens is 310 g/mol. The number of benzene rings is 2. The molecule has 2 aromatic rings. The number of anilines is 1. The molecule has 3 rings (SSSR count). The number of nitrogens with one attached hydrogen (secondary N) is 1. The largest absolute Gasteiger partial charge is 0.497 e. The van der Waals surface area contributed by atoms with Gasteiger partial charge in [0.1, 0.15) is 19.0 Å². The zero-order valence-corrected chi connectivity index (χ0v) is 13.4. The average molecular weight is 327 g/mol. The van der Waals surface area contributed by atoms with Gasteiger partial charge in [-0.15, -0.1) is 0 Å². The van der Waals surface area contributed by atoms with Crippen LogP contribution in [0.15, 0.2) is 36.4 Å². The topological polar surface area (TPSA) is 73.9 Å². The summed E-state index contributed by atoms with van der Waals surface area (Å²) < 4.78 is 16.1. The van der Waals surface area contributed by atoms with Crippen molar-refractivity contribution in [2.75, 3.05) is 25.6 Å². The van der Waals surface area contributed by atoms with E-state index in [2.05, 4.69) is 5.32 Å². The van der Waals surface area contributed by atoms with Crippen molar-refractivity contribution in [2.24, 2.45) is 0 Å². The second-order valence-electron chi connectivity index (χ2n) is 5.28. The molecule has 0 bridgehead atoms. The van der Waals surface area contributed by atoms with Crippen molar-refractivity contribution in [1.29, 1.82) is 0 Å². The highest BCUT2D eigenvalue weighted by Crippen LogP contribution is 2.36. The molecule has 1 aliphatic heterocycles. The number of hydrogen-bond donors (Lipinski definition) is 1. The molecule has 0 aliphatic carbocycles. The SMILES string of the molecule is COc1ccc(C(=O)Nc2cc3c(cc2C(C)=O)OCCO3)cc1. The van der Waals surface area contributed by atoms with E-state index in [1.807, 2.05) is 0 Å². The summed E-state index contributed by atoms with van der Waals surface area (Å²) in [7, 11) is 1.56. The van der Waals surface area contributed by atoms with Crippen molar-refractivity contribution in [3.8, 4) is 17.2 Å². The third-order valence-corrected chi connectivity index (χ3v) is 3.66. The highest BCUT2D eigenvalue weighted by atomic mass is 16.6. The zero-order valence-electron chi connectivity index (χ0n) is 13.4. The fourth-order valence-corrected chi connectivity index (χ4v) is 2.42. The minimum atomic E-state index is -0.322. The number of carbonyl (C=O) groups is 2. The van der Waals surface area contributed by atoms with Crippen LogP contribution in [0.2, 0.25) is 0 Å². The van der Waals surface area contributed by atoms with E-state index < -0.39 is 0 Å². The molecule has 0 fully saturated rings. The normalized spacial score (nSPS) is 12.4. The van der Waals surface area contributed by atoms with E-state index in [1.54, 1.807) is 43.5 Å². The fraction of sp³-hybridized carbons (Fsp3) is 0.222. The first-order valence-corrected chi connectivity index (χ1v) is 7.48. The Kier molecular flexibility index (Phi) is 4.37. The van der Waals surface area contributed by atoms with Gasteiger partial charge in [0, 0.05) is 17.2 Å². The first-order valence-electron chi connectivity index (χ1n) is 7.48. The Morgan fingerprint density at radius 3 is 2.25 bits per heavy atom. The molecule has 2 aromatic carbocycles. The molecule has 24 heavy (non-hydrogen) atoms. The quantitative estimate of drug-likeness (QED) is 0.874. The molecule has 0 radical (unpaired) electrons. The van der Waals surface area contributed by atoms with Crippen LogP contribution in [0.4, 0.5) is 5.69 Å². The van der Waals surface area contributed by atoms with Gasteiger partial charge in [0.15, 0.2) is 17.3 Å². The molecule has 1 N–H and O–H groups in total. The van der Waals surface area contributed by atoms with Gasteiger partial charge in [-0.1, -0.05) is 0 Å². The van der Waals surface area contributed by atoms with E-state index in [9.17, 15) is 9.59 Å². The van der Waals surface area contributed by atoms with E-state index in [1.165, 1.54) is 6.92 Å². The van der Waals surface area contributed by atoms with E-state index in [0.717, 1.165) is 0 Å². The molecule has 1 aliphatic rings. The standard InChI is InChI=1S/C18H17NO5/c1-11(20)14-9-16-17(24-8-7-23-16)10-15(14)19-18(21)12-3-5-13(22-2)6-4-12/h3-6,9-10H,7-8H2,1-2H3,(H,19,21). The van der Waals surface area contributed by atoms with Crippen LogP contribution in [0.25, 0.3) is 0 Å². The molecule has 1 heterocycles. The number of amides is 1. The molecule has 0 aromatic heterocycles. The predicted molar refractivity (Wildman–Crippen MR) is 88.4 cm³/mol. The predicted octanol–water partition coefficient (Wildman–Crippen LogP) is 2.92. The number of ether oxygens (including phenoxy) is 3. The van der Waals surface area contributed by atoms with Crippen LogP contribution in [0, 0.1) is 0 Å². The minimum Gasteiger partial charge on any atom is -0.497 e. The van der Waals surface area contributed by atoms with E-state index in [-0.39, 0.29) is 11.7 Å². The molecule has 6 nitrogen and oxygen atoms in total. The van der Waals surface area contributed by atoms with E-state index in [4.69, 9.17) is 14.2 Å². The zero-order chi connectivity index (χ0) is 17.1. The lowest BCUT2D eigenvalue weighted by Crippen LogP contribution is -2.18. The number of ketones is 1. The lowest BCUT2D eigenvalue weighted by molar-refractivity contribution is 0.101. The van der Waals surface area contributed by atoms with Gasteiger partial charge in [-0.3, -0.25) is 9.59 Å². The molecule has 0 saturated carbocycles. The Morgan fingerprint density at radius 1 is 1.04 bits per heavy atom. The van der Waals surface area contributed by atoms with Gasteiger partial charge < -0.3 is 19.5 Å². The van der Waals surface area contributed by atoms with Gasteiger partial charge in [0.25, 0.3) is 5.91 Å². The van der Waals surface area contributed by atoms with Crippen LogP contribution in [0.5, 0.6) is 17.2 Å². The minimum absolute atomic E-state index is 0.169. The van der Waals surface area contributed by atoms with Gasteiger partial charge in [0.2, 0.25) is 0 Å². The van der Waals surface area contributed by atoms with Crippen LogP contribution in [-0.2, 0) is 0 Å². The highest BCUT2D eigenvalue weighted by molar-refractivity contribution is 6.09. The van der Waals surface area contributed by atoms with Crippen molar-refractivity contribution in [3.63, 3.8) is 0 Å². The lowest BCUT2D eigenvalue weighted by atomic mass is 10.1. The van der Waals surface area contributed by atoms with Crippen molar-refractivity contribution in [3.05, 3.63) is 47.5 Å². The molecule has 0 saturated heterocycles. The first kappa shape index (κ1) is 15.9. The summed E-state index contributed by atoms with van der Waals surface area (Å²) in [5.74, 6) is 1.19. The summed E-state index contributed by atoms with van der Waals surface area (Å²) in [6, 6.07) is 9.92. The number of methoxy groups -OCH3 is 1. The van der Waals surface area contributed by atoms with Crippen LogP contribution in [-0.4, -0.2) is 32.0 Å². The third-order valence-electron chi connectivity index (χ3n) is 3.66. The first-order chi connectivity index (χ1) is 11.6. The average Bonchev–Trinajstić information content (AvgIpc) is 2.61. The van der Waals surface area contributed by atoms with Crippen LogP contribution in [0.1, 0.15) is 27.6 Å². The van der Waals surface area contributed by atoms with E-state index >= 15 is 0 Å². The Labute approximate surface area is 139 Å². The molecule has 1 amide bonds. The second kappa shape index (κ2) is 6.62. The number of carbonyl (C=O) groups excluding carboxylic acids is 2. The van der Waals surface area contributed by atoms with Gasteiger partial charge in [-0.2, -0.15) is 0 Å². The third kappa shape index (κ3) is 3.17. The molecule has 124 valence electrons. The summed E-state index contributed by atoms with van der Waals surface area (Å²) in [6.45, 7) is 2.30. The van der Waals surface area contributed by atoms with Crippen LogP contribution in [0.3, 0.4) is 0 Å². The Bertz CT molecular complexity index is 783. The summed E-state index contributed by atoms with van der Waals surface area (Å²) >= 11 is 0. The molecule has 0 atom stereocenters. The molecule has 6 heteroatoms. The fourth-order valence-electron chi connectivity index (χ4n) is 2.42. The molecule has 0 spiro atoms. The van der Waals surface area contributed by atoms with Gasteiger partial charge in [-0.25, -0.2) is 0 Å². The number of rotatable bonds is 4. The monoisotopic (exact) mass is 327 g/mol. The summed E-state index contributed by atoms with van der Waals surface area (Å²) in [5, 5.41) is 2.76. The summed E-state index contributed by atoms with van der Waals surface area (Å²) in [5.41, 5.74) is 1.23. The Morgan fingerprint density at radius 2 is 1.67 bits per heavy atom. The van der Waals surface area contributed by atoms with Gasteiger partial charge in [-0.05, 0) is 37.3 Å². The number of hydrogen-bond acceptors (Lipinski definition) is 5. The number of Topliss-reactive ketones (excluding diaryl/α,β-unsaturated/α-hetero) is 1. The van der Waals surface area contributed by atoms with E-state index in [0.29, 0.717) is 47.3 Å². The maximum Gasteiger partial charge on any atom is 0.255 e. The van der Waals surface area contributed by atoms with Crippen LogP contribution < -0.4 is 19.5 Å². The maximum absolute atomic E-state index is 12.4. The smallest absolute Gasteiger partial charge is 0.255 e. The second-order valence-corrected chi connectivity index (χ2v) is 5.28. The van der Waals surface area contributed by atoms with Gasteiger partial charge >= 0.3 is 0 Å². The lowest BCUT2D eigenvalue weighted by Gasteiger charge is -2.20. The van der Waals surface area contributed by atoms with Crippen LogP contribution >= 0.6 is 0 Å². The van der Waals surface area contributed by atoms with Gasteiger partial charge in [0.05, 0.1) is 12.8 Å². The van der Waals surface area contributed by atoms with Crippen molar-refractivity contribution in [1.82, 2.24) is 0 Å². The maximum atomic E-state index is 12.4. The summed E-state index contributed by atoms with van der Waals surface area (Å²) in [6.07, 6.45) is 0. The van der Waals surface area contributed by atoms with Crippen molar-refractivity contribution in [2.45, 2.75) is 6.92 Å².